The van der Waals surface area contributed by atoms with Crippen LogP contribution < -0.4 is 0 Å². The summed E-state index contributed by atoms with van der Waals surface area (Å²) in [7, 11) is 0. The summed E-state index contributed by atoms with van der Waals surface area (Å²) in [6, 6.07) is 3.66. The summed E-state index contributed by atoms with van der Waals surface area (Å²) in [5.41, 5.74) is 3.39. The Labute approximate surface area is 134 Å². The molecule has 2 fully saturated rings. The van der Waals surface area contributed by atoms with Gasteiger partial charge in [0.15, 0.2) is 11.5 Å². The lowest BCUT2D eigenvalue weighted by molar-refractivity contribution is 0.396. The van der Waals surface area contributed by atoms with Crippen LogP contribution in [0.4, 0.5) is 0 Å². The standard InChI is InChI=1S/C20H30O2/c1-19(11-12-19)9-3-5-15-7-8-17(21)18(22)16(15)6-4-10-20(2)13-14-20/h7-8,21-22H,3-6,9-14H2,1-2H3. The highest BCUT2D eigenvalue weighted by Crippen LogP contribution is 2.50. The van der Waals surface area contributed by atoms with Crippen molar-refractivity contribution in [3.8, 4) is 11.5 Å². The Balaban J connectivity index is 1.61. The fourth-order valence-electron chi connectivity index (χ4n) is 3.50. The van der Waals surface area contributed by atoms with Crippen molar-refractivity contribution in [1.82, 2.24) is 0 Å². The van der Waals surface area contributed by atoms with Gasteiger partial charge in [-0.05, 0) is 86.7 Å². The van der Waals surface area contributed by atoms with Gasteiger partial charge in [0, 0.05) is 5.56 Å². The van der Waals surface area contributed by atoms with Gasteiger partial charge in [-0.3, -0.25) is 0 Å². The average molecular weight is 302 g/mol. The van der Waals surface area contributed by atoms with Crippen molar-refractivity contribution in [2.45, 2.75) is 78.1 Å². The first-order valence-corrected chi connectivity index (χ1v) is 8.94. The lowest BCUT2D eigenvalue weighted by Crippen LogP contribution is -2.01. The minimum absolute atomic E-state index is 0.0329. The first-order valence-electron chi connectivity index (χ1n) is 8.94. The molecule has 0 atom stereocenters. The number of aromatic hydroxyl groups is 2. The molecular weight excluding hydrogens is 272 g/mol. The van der Waals surface area contributed by atoms with Gasteiger partial charge in [0.05, 0.1) is 0 Å². The fraction of sp³-hybridized carbons (Fsp3) is 0.700. The van der Waals surface area contributed by atoms with E-state index in [4.69, 9.17) is 0 Å². The molecule has 3 rings (SSSR count). The van der Waals surface area contributed by atoms with Crippen molar-refractivity contribution in [2.24, 2.45) is 10.8 Å². The van der Waals surface area contributed by atoms with Gasteiger partial charge in [0.25, 0.3) is 0 Å². The van der Waals surface area contributed by atoms with E-state index in [1.165, 1.54) is 50.5 Å². The highest BCUT2D eigenvalue weighted by atomic mass is 16.3. The van der Waals surface area contributed by atoms with E-state index in [-0.39, 0.29) is 11.5 Å². The molecule has 2 saturated carbocycles. The van der Waals surface area contributed by atoms with Crippen LogP contribution in [0.1, 0.15) is 76.3 Å². The van der Waals surface area contributed by atoms with Crippen molar-refractivity contribution in [1.29, 1.82) is 0 Å². The molecule has 0 amide bonds. The molecule has 0 spiro atoms. The summed E-state index contributed by atoms with van der Waals surface area (Å²) in [4.78, 5) is 0. The molecule has 2 aliphatic rings. The molecule has 1 aromatic carbocycles. The van der Waals surface area contributed by atoms with E-state index in [1.807, 2.05) is 6.07 Å². The number of rotatable bonds is 8. The van der Waals surface area contributed by atoms with E-state index in [9.17, 15) is 10.2 Å². The molecule has 1 aromatic rings. The van der Waals surface area contributed by atoms with E-state index in [0.717, 1.165) is 24.8 Å². The van der Waals surface area contributed by atoms with E-state index in [0.29, 0.717) is 10.8 Å². The smallest absolute Gasteiger partial charge is 0.160 e. The molecule has 22 heavy (non-hydrogen) atoms. The lowest BCUT2D eigenvalue weighted by atomic mass is 9.92. The van der Waals surface area contributed by atoms with Crippen molar-refractivity contribution < 1.29 is 10.2 Å². The maximum atomic E-state index is 10.2. The fourth-order valence-corrected chi connectivity index (χ4v) is 3.50. The molecule has 0 aromatic heterocycles. The zero-order valence-corrected chi connectivity index (χ0v) is 14.1. The maximum absolute atomic E-state index is 10.2. The summed E-state index contributed by atoms with van der Waals surface area (Å²) in [5.74, 6) is 0.154. The average Bonchev–Trinajstić information content (AvgIpc) is 3.38. The first-order chi connectivity index (χ1) is 10.4. The molecule has 0 radical (unpaired) electrons. The van der Waals surface area contributed by atoms with Gasteiger partial charge < -0.3 is 10.2 Å². The van der Waals surface area contributed by atoms with Gasteiger partial charge in [-0.2, -0.15) is 0 Å². The third-order valence-electron chi connectivity index (χ3n) is 6.00. The monoisotopic (exact) mass is 302 g/mol. The SMILES string of the molecule is CC1(CCCc2ccc(O)c(O)c2CCCC2(C)CC2)CC1. The van der Waals surface area contributed by atoms with Crippen LogP contribution in [0.5, 0.6) is 11.5 Å². The van der Waals surface area contributed by atoms with Gasteiger partial charge >= 0.3 is 0 Å². The highest BCUT2D eigenvalue weighted by Gasteiger charge is 2.37. The van der Waals surface area contributed by atoms with Crippen molar-refractivity contribution in [3.63, 3.8) is 0 Å². The molecule has 2 N–H and O–H groups in total. The highest BCUT2D eigenvalue weighted by molar-refractivity contribution is 5.49. The minimum Gasteiger partial charge on any atom is -0.504 e. The second kappa shape index (κ2) is 5.79. The summed E-state index contributed by atoms with van der Waals surface area (Å²) in [5, 5.41) is 20.1. The number of hydrogen-bond donors (Lipinski definition) is 2. The molecule has 0 aliphatic heterocycles. The van der Waals surface area contributed by atoms with Gasteiger partial charge in [-0.15, -0.1) is 0 Å². The molecule has 2 nitrogen and oxygen atoms in total. The number of phenols is 2. The Morgan fingerprint density at radius 3 is 1.95 bits per heavy atom. The Kier molecular flexibility index (Phi) is 4.13. The van der Waals surface area contributed by atoms with Gasteiger partial charge in [0.1, 0.15) is 0 Å². The van der Waals surface area contributed by atoms with Crippen LogP contribution in [-0.4, -0.2) is 10.2 Å². The largest absolute Gasteiger partial charge is 0.504 e. The number of benzene rings is 1. The molecule has 2 heteroatoms. The van der Waals surface area contributed by atoms with Gasteiger partial charge in [-0.25, -0.2) is 0 Å². The topological polar surface area (TPSA) is 40.5 Å². The number of phenolic OH excluding ortho intramolecular Hbond substituents is 2. The maximum Gasteiger partial charge on any atom is 0.160 e. The predicted molar refractivity (Wildman–Crippen MR) is 90.3 cm³/mol. The molecule has 0 saturated heterocycles. The summed E-state index contributed by atoms with van der Waals surface area (Å²) in [6.45, 7) is 4.73. The summed E-state index contributed by atoms with van der Waals surface area (Å²) in [6.07, 6.45) is 12.2. The van der Waals surface area contributed by atoms with Crippen LogP contribution in [0.2, 0.25) is 0 Å². The normalized spacial score (nSPS) is 20.8. The van der Waals surface area contributed by atoms with E-state index in [2.05, 4.69) is 13.8 Å². The number of aryl methyl sites for hydroxylation is 1. The van der Waals surface area contributed by atoms with E-state index < -0.39 is 0 Å². The van der Waals surface area contributed by atoms with E-state index in [1.54, 1.807) is 6.07 Å². The molecule has 0 heterocycles. The summed E-state index contributed by atoms with van der Waals surface area (Å²) < 4.78 is 0. The molecular formula is C20H30O2. The third-order valence-corrected chi connectivity index (χ3v) is 6.00. The van der Waals surface area contributed by atoms with Crippen LogP contribution in [0.3, 0.4) is 0 Å². The van der Waals surface area contributed by atoms with Crippen LogP contribution >= 0.6 is 0 Å². The second-order valence-corrected chi connectivity index (χ2v) is 8.40. The van der Waals surface area contributed by atoms with Crippen LogP contribution in [0.25, 0.3) is 0 Å². The molecule has 122 valence electrons. The Bertz CT molecular complexity index is 539. The van der Waals surface area contributed by atoms with Crippen LogP contribution in [0.15, 0.2) is 12.1 Å². The number of hydrogen-bond acceptors (Lipinski definition) is 2. The Morgan fingerprint density at radius 2 is 1.41 bits per heavy atom. The molecule has 2 aliphatic carbocycles. The Hall–Kier alpha value is -1.18. The molecule has 0 unspecified atom stereocenters. The quantitative estimate of drug-likeness (QED) is 0.636. The van der Waals surface area contributed by atoms with Crippen molar-refractivity contribution in [2.75, 3.05) is 0 Å². The van der Waals surface area contributed by atoms with Crippen LogP contribution in [0, 0.1) is 10.8 Å². The summed E-state index contributed by atoms with van der Waals surface area (Å²) >= 11 is 0. The molecule has 0 bridgehead atoms. The van der Waals surface area contributed by atoms with Crippen molar-refractivity contribution >= 4 is 0 Å². The predicted octanol–water partition coefficient (Wildman–Crippen LogP) is 5.34. The first kappa shape index (κ1) is 15.7. The Morgan fingerprint density at radius 1 is 0.864 bits per heavy atom. The van der Waals surface area contributed by atoms with Crippen molar-refractivity contribution in [3.05, 3.63) is 23.3 Å². The van der Waals surface area contributed by atoms with Gasteiger partial charge in [-0.1, -0.05) is 19.9 Å². The van der Waals surface area contributed by atoms with E-state index >= 15 is 0 Å². The minimum atomic E-state index is 0.0329. The third kappa shape index (κ3) is 3.77. The van der Waals surface area contributed by atoms with Crippen LogP contribution in [-0.2, 0) is 12.8 Å². The van der Waals surface area contributed by atoms with Gasteiger partial charge in [0.2, 0.25) is 0 Å². The lowest BCUT2D eigenvalue weighted by Gasteiger charge is -2.15. The second-order valence-electron chi connectivity index (χ2n) is 8.40. The zero-order chi connectivity index (χ0) is 15.8. The zero-order valence-electron chi connectivity index (χ0n) is 14.1.